The van der Waals surface area contributed by atoms with Crippen molar-refractivity contribution in [2.24, 2.45) is 0 Å². The molecular weight excluding hydrogens is 276 g/mol. The third-order valence-electron chi connectivity index (χ3n) is 4.18. The first-order valence-corrected chi connectivity index (χ1v) is 7.18. The van der Waals surface area contributed by atoms with E-state index in [1.165, 1.54) is 17.0 Å². The lowest BCUT2D eigenvalue weighted by Crippen LogP contribution is -2.48. The van der Waals surface area contributed by atoms with Gasteiger partial charge in [-0.15, -0.1) is 0 Å². The summed E-state index contributed by atoms with van der Waals surface area (Å²) < 4.78 is 26.7. The van der Waals surface area contributed by atoms with Gasteiger partial charge in [0, 0.05) is 18.5 Å². The third-order valence-corrected chi connectivity index (χ3v) is 4.18. The Labute approximate surface area is 121 Å². The molecule has 0 aromatic heterocycles. The molecule has 1 aromatic carbocycles. The minimum atomic E-state index is -0.664. The standard InChI is InChI=1S/C15H17F2N3O/c16-10-6-9(7-11(17)8-10)13-4-5-14(18)20(13)15(21)19-12-2-1-3-12/h6-8,12-13,18H,1-5H2,(H,19,21)/t13-/m0/s1. The highest BCUT2D eigenvalue weighted by Gasteiger charge is 2.36. The molecule has 0 unspecified atom stereocenters. The van der Waals surface area contributed by atoms with Crippen molar-refractivity contribution in [3.63, 3.8) is 0 Å². The summed E-state index contributed by atoms with van der Waals surface area (Å²) in [4.78, 5) is 13.6. The maximum absolute atomic E-state index is 13.4. The van der Waals surface area contributed by atoms with Crippen molar-refractivity contribution in [3.05, 3.63) is 35.4 Å². The monoisotopic (exact) mass is 293 g/mol. The zero-order valence-electron chi connectivity index (χ0n) is 11.5. The fourth-order valence-electron chi connectivity index (χ4n) is 2.86. The topological polar surface area (TPSA) is 56.2 Å². The van der Waals surface area contributed by atoms with E-state index in [-0.39, 0.29) is 17.9 Å². The van der Waals surface area contributed by atoms with Gasteiger partial charge < -0.3 is 5.32 Å². The van der Waals surface area contributed by atoms with Gasteiger partial charge in [0.25, 0.3) is 0 Å². The van der Waals surface area contributed by atoms with E-state index in [1.807, 2.05) is 0 Å². The molecule has 1 aliphatic carbocycles. The molecule has 2 aliphatic rings. The minimum absolute atomic E-state index is 0.163. The van der Waals surface area contributed by atoms with E-state index < -0.39 is 17.7 Å². The van der Waals surface area contributed by atoms with E-state index in [2.05, 4.69) is 5.32 Å². The van der Waals surface area contributed by atoms with E-state index in [1.54, 1.807) is 0 Å². The van der Waals surface area contributed by atoms with Crippen molar-refractivity contribution in [2.45, 2.75) is 44.2 Å². The molecule has 1 aromatic rings. The van der Waals surface area contributed by atoms with Crippen LogP contribution in [0.25, 0.3) is 0 Å². The molecule has 6 heteroatoms. The van der Waals surface area contributed by atoms with Gasteiger partial charge in [0.15, 0.2) is 0 Å². The fraction of sp³-hybridized carbons (Fsp3) is 0.467. The molecule has 1 heterocycles. The maximum Gasteiger partial charge on any atom is 0.323 e. The summed E-state index contributed by atoms with van der Waals surface area (Å²) in [7, 11) is 0. The van der Waals surface area contributed by atoms with Crippen molar-refractivity contribution in [1.29, 1.82) is 5.41 Å². The quantitative estimate of drug-likeness (QED) is 0.863. The van der Waals surface area contributed by atoms with Gasteiger partial charge >= 0.3 is 6.03 Å². The van der Waals surface area contributed by atoms with Crippen LogP contribution >= 0.6 is 0 Å². The van der Waals surface area contributed by atoms with Gasteiger partial charge in [0.1, 0.15) is 17.5 Å². The number of carbonyl (C=O) groups excluding carboxylic acids is 1. The lowest BCUT2D eigenvalue weighted by Gasteiger charge is -2.31. The number of nitrogens with zero attached hydrogens (tertiary/aromatic N) is 1. The SMILES string of the molecule is N=C1CC[C@@H](c2cc(F)cc(F)c2)N1C(=O)NC1CCC1. The second-order valence-corrected chi connectivity index (χ2v) is 5.65. The summed E-state index contributed by atoms with van der Waals surface area (Å²) in [6.45, 7) is 0. The molecule has 1 aliphatic heterocycles. The summed E-state index contributed by atoms with van der Waals surface area (Å²) in [6.07, 6.45) is 3.94. The fourth-order valence-corrected chi connectivity index (χ4v) is 2.86. The van der Waals surface area contributed by atoms with Crippen molar-refractivity contribution >= 4 is 11.9 Å². The Balaban J connectivity index is 1.82. The van der Waals surface area contributed by atoms with Gasteiger partial charge in [0.2, 0.25) is 0 Å². The number of nitrogens with one attached hydrogen (secondary N) is 2. The predicted octanol–water partition coefficient (Wildman–Crippen LogP) is 3.34. The van der Waals surface area contributed by atoms with Crippen molar-refractivity contribution in [1.82, 2.24) is 10.2 Å². The first-order valence-electron chi connectivity index (χ1n) is 7.18. The zero-order chi connectivity index (χ0) is 15.0. The van der Waals surface area contributed by atoms with Crippen LogP contribution in [-0.2, 0) is 0 Å². The van der Waals surface area contributed by atoms with Crippen LogP contribution in [0.2, 0.25) is 0 Å². The Kier molecular flexibility index (Phi) is 3.61. The lowest BCUT2D eigenvalue weighted by molar-refractivity contribution is 0.200. The highest BCUT2D eigenvalue weighted by Crippen LogP contribution is 2.34. The molecule has 112 valence electrons. The third kappa shape index (κ3) is 2.75. The van der Waals surface area contributed by atoms with E-state index in [0.29, 0.717) is 18.4 Å². The van der Waals surface area contributed by atoms with Crippen LogP contribution in [0, 0.1) is 17.0 Å². The van der Waals surface area contributed by atoms with Crippen LogP contribution in [0.1, 0.15) is 43.7 Å². The second kappa shape index (κ2) is 5.42. The number of carbonyl (C=O) groups is 1. The molecule has 0 radical (unpaired) electrons. The number of halogens is 2. The van der Waals surface area contributed by atoms with E-state index >= 15 is 0 Å². The largest absolute Gasteiger partial charge is 0.335 e. The first kappa shape index (κ1) is 14.0. The number of urea groups is 1. The Hall–Kier alpha value is -1.98. The highest BCUT2D eigenvalue weighted by atomic mass is 19.1. The van der Waals surface area contributed by atoms with E-state index in [0.717, 1.165) is 25.3 Å². The normalized spacial score (nSPS) is 22.3. The number of likely N-dealkylation sites (tertiary alicyclic amines) is 1. The molecular formula is C15H17F2N3O. The van der Waals surface area contributed by atoms with Crippen molar-refractivity contribution in [3.8, 4) is 0 Å². The van der Waals surface area contributed by atoms with Gasteiger partial charge in [-0.1, -0.05) is 0 Å². The Morgan fingerprint density at radius 2 is 1.86 bits per heavy atom. The van der Waals surface area contributed by atoms with Gasteiger partial charge in [-0.25, -0.2) is 13.6 Å². The van der Waals surface area contributed by atoms with Gasteiger partial charge in [-0.2, -0.15) is 0 Å². The molecule has 2 fully saturated rings. The molecule has 0 spiro atoms. The average Bonchev–Trinajstić information content (AvgIpc) is 2.74. The first-order chi connectivity index (χ1) is 10.0. The lowest BCUT2D eigenvalue weighted by atomic mass is 9.93. The van der Waals surface area contributed by atoms with Crippen molar-refractivity contribution < 1.29 is 13.6 Å². The molecule has 1 atom stereocenters. The summed E-state index contributed by atoms with van der Waals surface area (Å²) in [5, 5.41) is 10.8. The molecule has 2 amide bonds. The highest BCUT2D eigenvalue weighted by molar-refractivity contribution is 5.98. The number of benzene rings is 1. The molecule has 2 N–H and O–H groups in total. The van der Waals surface area contributed by atoms with Crippen LogP contribution in [0.4, 0.5) is 13.6 Å². The zero-order valence-corrected chi connectivity index (χ0v) is 11.5. The van der Waals surface area contributed by atoms with E-state index in [9.17, 15) is 13.6 Å². The number of hydrogen-bond donors (Lipinski definition) is 2. The van der Waals surface area contributed by atoms with Crippen LogP contribution in [0.5, 0.6) is 0 Å². The Bertz CT molecular complexity index is 566. The van der Waals surface area contributed by atoms with Crippen LogP contribution < -0.4 is 5.32 Å². The average molecular weight is 293 g/mol. The molecule has 1 saturated heterocycles. The van der Waals surface area contributed by atoms with Crippen LogP contribution in [0.3, 0.4) is 0 Å². The molecule has 0 bridgehead atoms. The smallest absolute Gasteiger partial charge is 0.323 e. The number of amidine groups is 1. The minimum Gasteiger partial charge on any atom is -0.335 e. The molecule has 3 rings (SSSR count). The summed E-state index contributed by atoms with van der Waals surface area (Å²) in [5.41, 5.74) is 0.401. The number of hydrogen-bond acceptors (Lipinski definition) is 2. The summed E-state index contributed by atoms with van der Waals surface area (Å²) >= 11 is 0. The van der Waals surface area contributed by atoms with Gasteiger partial charge in [-0.05, 0) is 43.4 Å². The molecule has 21 heavy (non-hydrogen) atoms. The number of amides is 2. The second-order valence-electron chi connectivity index (χ2n) is 5.65. The summed E-state index contributed by atoms with van der Waals surface area (Å²) in [6, 6.07) is 2.63. The number of rotatable bonds is 2. The summed E-state index contributed by atoms with van der Waals surface area (Å²) in [5.74, 6) is -1.13. The Morgan fingerprint density at radius 3 is 2.43 bits per heavy atom. The molecule has 4 nitrogen and oxygen atoms in total. The molecule has 1 saturated carbocycles. The van der Waals surface area contributed by atoms with Gasteiger partial charge in [0.05, 0.1) is 6.04 Å². The predicted molar refractivity (Wildman–Crippen MR) is 74.1 cm³/mol. The van der Waals surface area contributed by atoms with Crippen LogP contribution in [-0.4, -0.2) is 22.8 Å². The van der Waals surface area contributed by atoms with E-state index in [4.69, 9.17) is 5.41 Å². The van der Waals surface area contributed by atoms with Crippen LogP contribution in [0.15, 0.2) is 18.2 Å². The van der Waals surface area contributed by atoms with Crippen molar-refractivity contribution in [2.75, 3.05) is 0 Å². The maximum atomic E-state index is 13.4. The van der Waals surface area contributed by atoms with Gasteiger partial charge in [-0.3, -0.25) is 10.3 Å². The Morgan fingerprint density at radius 1 is 1.19 bits per heavy atom.